The highest BCUT2D eigenvalue weighted by Crippen LogP contribution is 2.26. The Balaban J connectivity index is 2.33. The van der Waals surface area contributed by atoms with Crippen LogP contribution in [0.2, 0.25) is 0 Å². The van der Waals surface area contributed by atoms with Gasteiger partial charge in [-0.25, -0.2) is 9.18 Å². The number of amides is 1. The van der Waals surface area contributed by atoms with Crippen LogP contribution in [0.25, 0.3) is 10.9 Å². The number of H-pyrrole nitrogens is 1. The molecule has 0 aliphatic rings. The quantitative estimate of drug-likeness (QED) is 0.860. The van der Waals surface area contributed by atoms with Crippen LogP contribution in [-0.2, 0) is 15.9 Å². The lowest BCUT2D eigenvalue weighted by atomic mass is 9.93. The smallest absolute Gasteiger partial charge is 0.405 e. The molecular formula is C16H21FN2O3. The van der Waals surface area contributed by atoms with Gasteiger partial charge in [-0.3, -0.25) is 0 Å². The summed E-state index contributed by atoms with van der Waals surface area (Å²) in [6, 6.07) is 4.74. The second-order valence-electron chi connectivity index (χ2n) is 5.68. The predicted octanol–water partition coefficient (Wildman–Crippen LogP) is 3.13. The summed E-state index contributed by atoms with van der Waals surface area (Å²) in [5.74, 6) is -0.314. The Morgan fingerprint density at radius 3 is 2.82 bits per heavy atom. The Hall–Kier alpha value is -2.08. The van der Waals surface area contributed by atoms with E-state index < -0.39 is 17.8 Å². The number of carbonyl (C=O) groups excluding carboxylic acids is 1. The van der Waals surface area contributed by atoms with E-state index in [2.05, 4.69) is 4.98 Å². The van der Waals surface area contributed by atoms with Crippen LogP contribution in [-0.4, -0.2) is 29.4 Å². The number of nitrogens with two attached hydrogens (primary N) is 1. The lowest BCUT2D eigenvalue weighted by Gasteiger charge is -2.33. The fraction of sp³-hybridized carbons (Fsp3) is 0.438. The Kier molecular flexibility index (Phi) is 4.71. The van der Waals surface area contributed by atoms with E-state index in [1.165, 1.54) is 12.1 Å². The summed E-state index contributed by atoms with van der Waals surface area (Å²) in [6.45, 7) is 5.75. The number of halogens is 1. The van der Waals surface area contributed by atoms with Gasteiger partial charge in [-0.2, -0.15) is 0 Å². The van der Waals surface area contributed by atoms with Gasteiger partial charge >= 0.3 is 6.09 Å². The molecule has 1 unspecified atom stereocenters. The molecule has 0 radical (unpaired) electrons. The highest BCUT2D eigenvalue weighted by atomic mass is 19.1. The van der Waals surface area contributed by atoms with E-state index in [0.717, 1.165) is 16.5 Å². The molecule has 1 atom stereocenters. The Morgan fingerprint density at radius 2 is 2.18 bits per heavy atom. The number of benzene rings is 1. The van der Waals surface area contributed by atoms with Gasteiger partial charge in [0, 0.05) is 30.1 Å². The van der Waals surface area contributed by atoms with Gasteiger partial charge in [-0.15, -0.1) is 0 Å². The number of aromatic nitrogens is 1. The van der Waals surface area contributed by atoms with Crippen molar-refractivity contribution >= 4 is 17.0 Å². The summed E-state index contributed by atoms with van der Waals surface area (Å²) in [5, 5.41) is 0.791. The van der Waals surface area contributed by atoms with Crippen molar-refractivity contribution in [1.82, 2.24) is 4.98 Å². The van der Waals surface area contributed by atoms with Crippen molar-refractivity contribution in [2.45, 2.75) is 38.9 Å². The zero-order valence-electron chi connectivity index (χ0n) is 13.0. The number of fused-ring (bicyclic) bond motifs is 1. The molecule has 0 spiro atoms. The first kappa shape index (κ1) is 16.3. The van der Waals surface area contributed by atoms with E-state index in [4.69, 9.17) is 15.2 Å². The molecule has 0 aliphatic heterocycles. The molecule has 5 nitrogen and oxygen atoms in total. The number of nitrogens with one attached hydrogen (secondary N) is 1. The molecule has 1 heterocycles. The van der Waals surface area contributed by atoms with E-state index in [-0.39, 0.29) is 5.82 Å². The van der Waals surface area contributed by atoms with Crippen LogP contribution in [0.5, 0.6) is 0 Å². The van der Waals surface area contributed by atoms with Crippen LogP contribution in [0.15, 0.2) is 24.4 Å². The second kappa shape index (κ2) is 6.36. The number of hydrogen-bond acceptors (Lipinski definition) is 3. The van der Waals surface area contributed by atoms with Crippen molar-refractivity contribution in [1.29, 1.82) is 0 Å². The fourth-order valence-corrected chi connectivity index (χ4v) is 2.60. The first-order valence-corrected chi connectivity index (χ1v) is 7.19. The minimum atomic E-state index is -0.924. The molecule has 0 saturated carbocycles. The van der Waals surface area contributed by atoms with Crippen LogP contribution < -0.4 is 5.73 Å². The highest BCUT2D eigenvalue weighted by molar-refractivity contribution is 5.82. The molecule has 3 N–H and O–H groups in total. The first-order chi connectivity index (χ1) is 10.3. The monoisotopic (exact) mass is 308 g/mol. The van der Waals surface area contributed by atoms with Crippen molar-refractivity contribution in [3.8, 4) is 0 Å². The molecule has 0 fully saturated rings. The van der Waals surface area contributed by atoms with Gasteiger partial charge < -0.3 is 20.2 Å². The Morgan fingerprint density at radius 1 is 1.45 bits per heavy atom. The highest BCUT2D eigenvalue weighted by Gasteiger charge is 2.34. The van der Waals surface area contributed by atoms with E-state index in [0.29, 0.717) is 13.0 Å². The maximum atomic E-state index is 13.8. The Labute approximate surface area is 128 Å². The largest absolute Gasteiger partial charge is 0.441 e. The van der Waals surface area contributed by atoms with Crippen LogP contribution >= 0.6 is 0 Å². The van der Waals surface area contributed by atoms with Crippen molar-refractivity contribution in [3.63, 3.8) is 0 Å². The predicted molar refractivity (Wildman–Crippen MR) is 82.1 cm³/mol. The number of aromatic amines is 1. The average Bonchev–Trinajstić information content (AvgIpc) is 2.84. The van der Waals surface area contributed by atoms with Gasteiger partial charge in [-0.05, 0) is 44.5 Å². The van der Waals surface area contributed by atoms with Gasteiger partial charge in [0.15, 0.2) is 0 Å². The number of primary amides is 1. The van der Waals surface area contributed by atoms with Crippen LogP contribution in [0.1, 0.15) is 26.3 Å². The summed E-state index contributed by atoms with van der Waals surface area (Å²) in [5.41, 5.74) is 5.81. The molecule has 1 aromatic carbocycles. The zero-order chi connectivity index (χ0) is 16.3. The van der Waals surface area contributed by atoms with Crippen molar-refractivity contribution in [2.75, 3.05) is 6.61 Å². The van der Waals surface area contributed by atoms with Gasteiger partial charge in [0.2, 0.25) is 0 Å². The molecule has 0 saturated heterocycles. The number of rotatable bonds is 6. The molecule has 0 aliphatic carbocycles. The summed E-state index contributed by atoms with van der Waals surface area (Å²) in [7, 11) is 0. The maximum Gasteiger partial charge on any atom is 0.405 e. The third-order valence-corrected chi connectivity index (χ3v) is 3.62. The molecule has 0 bridgehead atoms. The van der Waals surface area contributed by atoms with E-state index in [1.54, 1.807) is 20.0 Å². The minimum absolute atomic E-state index is 0.314. The van der Waals surface area contributed by atoms with Gasteiger partial charge in [0.25, 0.3) is 0 Å². The van der Waals surface area contributed by atoms with Gasteiger partial charge in [0.05, 0.1) is 0 Å². The SMILES string of the molecule is CCOC(Cc1cc(F)cc2cc[nH]c12)C(C)(C)OC(N)=O. The van der Waals surface area contributed by atoms with E-state index >= 15 is 0 Å². The Bertz CT molecular complexity index is 666. The molecule has 22 heavy (non-hydrogen) atoms. The zero-order valence-corrected chi connectivity index (χ0v) is 13.0. The maximum absolute atomic E-state index is 13.8. The third kappa shape index (κ3) is 3.57. The molecule has 1 aromatic heterocycles. The van der Waals surface area contributed by atoms with Crippen LogP contribution in [0, 0.1) is 5.82 Å². The van der Waals surface area contributed by atoms with Crippen molar-refractivity contribution < 1.29 is 18.7 Å². The molecule has 1 amide bonds. The van der Waals surface area contributed by atoms with Gasteiger partial charge in [-0.1, -0.05) is 0 Å². The molecule has 2 aromatic rings. The van der Waals surface area contributed by atoms with Crippen LogP contribution in [0.4, 0.5) is 9.18 Å². The minimum Gasteiger partial charge on any atom is -0.441 e. The standard InChI is InChI=1S/C16H21FN2O3/c1-4-21-13(16(2,3)22-15(18)20)9-11-8-12(17)7-10-5-6-19-14(10)11/h5-8,13,19H,4,9H2,1-3H3,(H2,18,20). The van der Waals surface area contributed by atoms with Crippen molar-refractivity contribution in [3.05, 3.63) is 35.8 Å². The summed E-state index contributed by atoms with van der Waals surface area (Å²) in [6.07, 6.45) is 0.842. The summed E-state index contributed by atoms with van der Waals surface area (Å²) < 4.78 is 24.6. The lowest BCUT2D eigenvalue weighted by molar-refractivity contribution is -0.0871. The molecule has 6 heteroatoms. The molecule has 120 valence electrons. The summed E-state index contributed by atoms with van der Waals surface area (Å²) in [4.78, 5) is 14.2. The van der Waals surface area contributed by atoms with Crippen LogP contribution in [0.3, 0.4) is 0 Å². The molecular weight excluding hydrogens is 287 g/mol. The topological polar surface area (TPSA) is 77.3 Å². The van der Waals surface area contributed by atoms with Gasteiger partial charge in [0.1, 0.15) is 17.5 Å². The second-order valence-corrected chi connectivity index (χ2v) is 5.68. The lowest BCUT2D eigenvalue weighted by Crippen LogP contribution is -2.45. The average molecular weight is 308 g/mol. The first-order valence-electron chi connectivity index (χ1n) is 7.19. The van der Waals surface area contributed by atoms with Crippen molar-refractivity contribution in [2.24, 2.45) is 5.73 Å². The number of hydrogen-bond donors (Lipinski definition) is 2. The number of ether oxygens (including phenoxy) is 2. The van der Waals surface area contributed by atoms with E-state index in [9.17, 15) is 9.18 Å². The number of carbonyl (C=O) groups is 1. The van der Waals surface area contributed by atoms with E-state index in [1.807, 2.05) is 13.0 Å². The summed E-state index contributed by atoms with van der Waals surface area (Å²) >= 11 is 0. The normalized spacial score (nSPS) is 13.3. The molecule has 2 rings (SSSR count). The third-order valence-electron chi connectivity index (χ3n) is 3.62. The fourth-order valence-electron chi connectivity index (χ4n) is 2.60.